The molecule has 0 aromatic heterocycles. The van der Waals surface area contributed by atoms with Crippen molar-refractivity contribution in [3.05, 3.63) is 35.4 Å². The fourth-order valence-electron chi connectivity index (χ4n) is 3.72. The van der Waals surface area contributed by atoms with Crippen molar-refractivity contribution in [3.8, 4) is 0 Å². The summed E-state index contributed by atoms with van der Waals surface area (Å²) in [5, 5.41) is 0. The van der Waals surface area contributed by atoms with Crippen LogP contribution in [-0.4, -0.2) is 54.0 Å². The molecule has 1 saturated heterocycles. The zero-order valence-electron chi connectivity index (χ0n) is 13.9. The lowest BCUT2D eigenvalue weighted by atomic mass is 10.0. The standard InChI is InChI=1S/C18H21F3N2O2/c19-18(20,21)17(25)23-7-3-6-22(8-9-23)16(24)12-13-10-14-4-1-2-5-15(14)11-13/h1-2,4-5,13H,3,6-12H2. The molecule has 2 amide bonds. The molecule has 0 atom stereocenters. The van der Waals surface area contributed by atoms with Crippen molar-refractivity contribution in [2.75, 3.05) is 26.2 Å². The molecular weight excluding hydrogens is 333 g/mol. The van der Waals surface area contributed by atoms with E-state index in [-0.39, 0.29) is 31.5 Å². The number of rotatable bonds is 2. The molecule has 1 aliphatic heterocycles. The summed E-state index contributed by atoms with van der Waals surface area (Å²) in [5.74, 6) is -1.59. The van der Waals surface area contributed by atoms with Gasteiger partial charge < -0.3 is 9.80 Å². The van der Waals surface area contributed by atoms with Crippen molar-refractivity contribution in [1.82, 2.24) is 9.80 Å². The summed E-state index contributed by atoms with van der Waals surface area (Å²) in [6, 6.07) is 8.13. The van der Waals surface area contributed by atoms with E-state index in [0.717, 1.165) is 17.7 Å². The van der Waals surface area contributed by atoms with E-state index in [1.165, 1.54) is 11.1 Å². The Balaban J connectivity index is 1.53. The van der Waals surface area contributed by atoms with Crippen LogP contribution in [0.15, 0.2) is 24.3 Å². The van der Waals surface area contributed by atoms with Gasteiger partial charge in [-0.25, -0.2) is 0 Å². The smallest absolute Gasteiger partial charge is 0.341 e. The summed E-state index contributed by atoms with van der Waals surface area (Å²) < 4.78 is 37.7. The molecule has 2 aliphatic rings. The number of nitrogens with zero attached hydrogens (tertiary/aromatic N) is 2. The molecule has 7 heteroatoms. The van der Waals surface area contributed by atoms with Gasteiger partial charge in [0, 0.05) is 32.6 Å². The Bertz CT molecular complexity index is 635. The number of benzene rings is 1. The second kappa shape index (κ2) is 7.06. The molecule has 0 unspecified atom stereocenters. The number of hydrogen-bond acceptors (Lipinski definition) is 2. The van der Waals surface area contributed by atoms with Crippen LogP contribution in [0.4, 0.5) is 13.2 Å². The predicted octanol–water partition coefficient (Wildman–Crippen LogP) is 2.41. The van der Waals surface area contributed by atoms with E-state index in [0.29, 0.717) is 19.4 Å². The third-order valence-corrected chi connectivity index (χ3v) is 4.98. The Morgan fingerprint density at radius 3 is 2.12 bits per heavy atom. The van der Waals surface area contributed by atoms with Gasteiger partial charge in [0.25, 0.3) is 0 Å². The Hall–Kier alpha value is -2.05. The highest BCUT2D eigenvalue weighted by molar-refractivity contribution is 5.82. The highest BCUT2D eigenvalue weighted by Crippen LogP contribution is 2.29. The van der Waals surface area contributed by atoms with Crippen LogP contribution in [-0.2, 0) is 22.4 Å². The Kier molecular flexibility index (Phi) is 5.01. The topological polar surface area (TPSA) is 40.6 Å². The Morgan fingerprint density at radius 1 is 0.960 bits per heavy atom. The van der Waals surface area contributed by atoms with Gasteiger partial charge in [0.2, 0.25) is 5.91 Å². The number of amides is 2. The van der Waals surface area contributed by atoms with Crippen LogP contribution >= 0.6 is 0 Å². The molecule has 0 saturated carbocycles. The molecule has 0 radical (unpaired) electrons. The van der Waals surface area contributed by atoms with Gasteiger partial charge in [-0.3, -0.25) is 9.59 Å². The van der Waals surface area contributed by atoms with E-state index in [2.05, 4.69) is 12.1 Å². The van der Waals surface area contributed by atoms with Crippen LogP contribution in [0.2, 0.25) is 0 Å². The van der Waals surface area contributed by atoms with Gasteiger partial charge in [0.1, 0.15) is 0 Å². The molecule has 3 rings (SSSR count). The van der Waals surface area contributed by atoms with E-state index in [1.54, 1.807) is 4.90 Å². The van der Waals surface area contributed by atoms with Gasteiger partial charge in [-0.15, -0.1) is 0 Å². The summed E-state index contributed by atoms with van der Waals surface area (Å²) >= 11 is 0. The molecule has 0 N–H and O–H groups in total. The van der Waals surface area contributed by atoms with Gasteiger partial charge in [0.15, 0.2) is 0 Å². The molecule has 1 heterocycles. The maximum absolute atomic E-state index is 12.6. The first kappa shape index (κ1) is 17.8. The minimum Gasteiger partial charge on any atom is -0.341 e. The molecule has 4 nitrogen and oxygen atoms in total. The fourth-order valence-corrected chi connectivity index (χ4v) is 3.72. The van der Waals surface area contributed by atoms with Crippen molar-refractivity contribution in [1.29, 1.82) is 0 Å². The second-order valence-electron chi connectivity index (χ2n) is 6.77. The van der Waals surface area contributed by atoms with Crippen molar-refractivity contribution >= 4 is 11.8 Å². The number of carbonyl (C=O) groups is 2. The molecule has 1 aromatic rings. The van der Waals surface area contributed by atoms with E-state index in [1.807, 2.05) is 12.1 Å². The van der Waals surface area contributed by atoms with Crippen LogP contribution < -0.4 is 0 Å². The summed E-state index contributed by atoms with van der Waals surface area (Å²) in [7, 11) is 0. The largest absolute Gasteiger partial charge is 0.471 e. The third-order valence-electron chi connectivity index (χ3n) is 4.98. The Morgan fingerprint density at radius 2 is 1.52 bits per heavy atom. The van der Waals surface area contributed by atoms with Crippen molar-refractivity contribution < 1.29 is 22.8 Å². The van der Waals surface area contributed by atoms with Crippen LogP contribution in [0, 0.1) is 5.92 Å². The van der Waals surface area contributed by atoms with Crippen LogP contribution in [0.1, 0.15) is 24.0 Å². The van der Waals surface area contributed by atoms with E-state index in [4.69, 9.17) is 0 Å². The third kappa shape index (κ3) is 4.14. The van der Waals surface area contributed by atoms with Gasteiger partial charge in [0.05, 0.1) is 0 Å². The molecule has 136 valence electrons. The number of hydrogen-bond donors (Lipinski definition) is 0. The highest BCUT2D eigenvalue weighted by Gasteiger charge is 2.42. The van der Waals surface area contributed by atoms with Gasteiger partial charge in [-0.2, -0.15) is 13.2 Å². The van der Waals surface area contributed by atoms with Gasteiger partial charge in [-0.05, 0) is 36.3 Å². The first-order valence-electron chi connectivity index (χ1n) is 8.55. The average molecular weight is 354 g/mol. The average Bonchev–Trinajstić information content (AvgIpc) is 2.80. The lowest BCUT2D eigenvalue weighted by Gasteiger charge is -2.23. The van der Waals surface area contributed by atoms with Crippen molar-refractivity contribution in [2.24, 2.45) is 5.92 Å². The lowest BCUT2D eigenvalue weighted by molar-refractivity contribution is -0.185. The van der Waals surface area contributed by atoms with Crippen LogP contribution in [0.5, 0.6) is 0 Å². The molecule has 1 fully saturated rings. The molecular formula is C18H21F3N2O2. The molecule has 0 bridgehead atoms. The summed E-state index contributed by atoms with van der Waals surface area (Å²) in [6.45, 7) is 0.548. The maximum atomic E-state index is 12.6. The monoisotopic (exact) mass is 354 g/mol. The number of halogens is 3. The van der Waals surface area contributed by atoms with E-state index in [9.17, 15) is 22.8 Å². The van der Waals surface area contributed by atoms with Gasteiger partial charge in [-0.1, -0.05) is 24.3 Å². The number of fused-ring (bicyclic) bond motifs is 1. The van der Waals surface area contributed by atoms with Crippen molar-refractivity contribution in [2.45, 2.75) is 31.9 Å². The van der Waals surface area contributed by atoms with Crippen LogP contribution in [0.3, 0.4) is 0 Å². The SMILES string of the molecule is O=C(CC1Cc2ccccc2C1)N1CCCN(C(=O)C(F)(F)F)CC1. The second-order valence-corrected chi connectivity index (χ2v) is 6.77. The van der Waals surface area contributed by atoms with E-state index < -0.39 is 12.1 Å². The van der Waals surface area contributed by atoms with Gasteiger partial charge >= 0.3 is 12.1 Å². The molecule has 25 heavy (non-hydrogen) atoms. The highest BCUT2D eigenvalue weighted by atomic mass is 19.4. The molecule has 0 spiro atoms. The minimum atomic E-state index is -4.85. The minimum absolute atomic E-state index is 0.0286. The summed E-state index contributed by atoms with van der Waals surface area (Å²) in [4.78, 5) is 26.3. The molecule has 1 aliphatic carbocycles. The van der Waals surface area contributed by atoms with Crippen molar-refractivity contribution in [3.63, 3.8) is 0 Å². The first-order chi connectivity index (χ1) is 11.8. The maximum Gasteiger partial charge on any atom is 0.471 e. The zero-order valence-corrected chi connectivity index (χ0v) is 13.9. The summed E-state index contributed by atoms with van der Waals surface area (Å²) in [5.41, 5.74) is 2.55. The number of alkyl halides is 3. The van der Waals surface area contributed by atoms with Crippen LogP contribution in [0.25, 0.3) is 0 Å². The fraction of sp³-hybridized carbons (Fsp3) is 0.556. The number of carbonyl (C=O) groups excluding carboxylic acids is 2. The quantitative estimate of drug-likeness (QED) is 0.818. The van der Waals surface area contributed by atoms with E-state index >= 15 is 0 Å². The summed E-state index contributed by atoms with van der Waals surface area (Å²) in [6.07, 6.45) is -2.34. The first-order valence-corrected chi connectivity index (χ1v) is 8.55. The Labute approximate surface area is 144 Å². The normalized spacial score (nSPS) is 18.8. The lowest BCUT2D eigenvalue weighted by Crippen LogP contribution is -2.43. The predicted molar refractivity (Wildman–Crippen MR) is 85.8 cm³/mol. The zero-order chi connectivity index (χ0) is 18.0. The molecule has 1 aromatic carbocycles.